The van der Waals surface area contributed by atoms with Crippen LogP contribution in [0.3, 0.4) is 0 Å². The highest BCUT2D eigenvalue weighted by atomic mass is 35.5. The monoisotopic (exact) mass is 460 g/mol. The maximum atomic E-state index is 13.5. The first-order valence-corrected chi connectivity index (χ1v) is 11.4. The Kier molecular flexibility index (Phi) is 9.28. The van der Waals surface area contributed by atoms with E-state index in [9.17, 15) is 9.59 Å². The summed E-state index contributed by atoms with van der Waals surface area (Å²) in [6, 6.07) is 26.4. The van der Waals surface area contributed by atoms with Crippen molar-refractivity contribution in [3.63, 3.8) is 0 Å². The summed E-state index contributed by atoms with van der Waals surface area (Å²) in [6.07, 6.45) is 2.99. The van der Waals surface area contributed by atoms with E-state index in [0.717, 1.165) is 16.7 Å². The fraction of sp³-hybridized carbons (Fsp3) is 0.214. The minimum absolute atomic E-state index is 0.0662. The fourth-order valence-electron chi connectivity index (χ4n) is 3.67. The largest absolute Gasteiger partial charge is 0.351 e. The minimum atomic E-state index is -0.647. The SMILES string of the molecule is C=CCNC(=O)[C@H](Cc1ccccc1)N(Cc1ccc(Cl)cc1)C(=O)CCc1ccccc1. The van der Waals surface area contributed by atoms with Gasteiger partial charge in [0.15, 0.2) is 0 Å². The predicted octanol–water partition coefficient (Wildman–Crippen LogP) is 5.21. The Morgan fingerprint density at radius 2 is 1.48 bits per heavy atom. The number of aryl methyl sites for hydroxylation is 1. The Hall–Kier alpha value is -3.37. The Morgan fingerprint density at radius 1 is 0.879 bits per heavy atom. The number of carbonyl (C=O) groups excluding carboxylic acids is 2. The van der Waals surface area contributed by atoms with Gasteiger partial charge in [-0.3, -0.25) is 9.59 Å². The highest BCUT2D eigenvalue weighted by Crippen LogP contribution is 2.18. The molecule has 2 amide bonds. The molecule has 170 valence electrons. The topological polar surface area (TPSA) is 49.4 Å². The van der Waals surface area contributed by atoms with E-state index in [4.69, 9.17) is 11.6 Å². The van der Waals surface area contributed by atoms with Crippen molar-refractivity contribution >= 4 is 23.4 Å². The molecule has 1 atom stereocenters. The lowest BCUT2D eigenvalue weighted by molar-refractivity contribution is -0.141. The van der Waals surface area contributed by atoms with Crippen molar-refractivity contribution in [2.45, 2.75) is 31.8 Å². The first kappa shape index (κ1) is 24.3. The number of amides is 2. The number of hydrogen-bond donors (Lipinski definition) is 1. The lowest BCUT2D eigenvalue weighted by Gasteiger charge is -2.31. The second-order valence-electron chi connectivity index (χ2n) is 7.87. The molecule has 0 aliphatic rings. The molecular weight excluding hydrogens is 432 g/mol. The van der Waals surface area contributed by atoms with Gasteiger partial charge in [-0.25, -0.2) is 0 Å². The summed E-state index contributed by atoms with van der Waals surface area (Å²) in [4.78, 5) is 28.4. The van der Waals surface area contributed by atoms with Crippen molar-refractivity contribution in [1.29, 1.82) is 0 Å². The Balaban J connectivity index is 1.88. The van der Waals surface area contributed by atoms with Crippen LogP contribution in [0.4, 0.5) is 0 Å². The van der Waals surface area contributed by atoms with Gasteiger partial charge in [-0.05, 0) is 35.2 Å². The van der Waals surface area contributed by atoms with Gasteiger partial charge in [0.25, 0.3) is 0 Å². The Bertz CT molecular complexity index is 1040. The van der Waals surface area contributed by atoms with Crippen LogP contribution in [0.5, 0.6) is 0 Å². The molecule has 4 nitrogen and oxygen atoms in total. The quantitative estimate of drug-likeness (QED) is 0.399. The number of carbonyl (C=O) groups is 2. The third-order valence-corrected chi connectivity index (χ3v) is 5.68. The zero-order chi connectivity index (χ0) is 23.5. The second-order valence-corrected chi connectivity index (χ2v) is 8.31. The standard InChI is InChI=1S/C28H29ClN2O2/c1-2-19-30-28(33)26(20-23-11-7-4-8-12-23)31(21-24-13-16-25(29)17-14-24)27(32)18-15-22-9-5-3-6-10-22/h2-14,16-17,26H,1,15,18-21H2,(H,30,33)/t26-/m0/s1. The van der Waals surface area contributed by atoms with Gasteiger partial charge in [0.05, 0.1) is 0 Å². The van der Waals surface area contributed by atoms with Crippen molar-refractivity contribution in [2.24, 2.45) is 0 Å². The van der Waals surface area contributed by atoms with Crippen molar-refractivity contribution < 1.29 is 9.59 Å². The van der Waals surface area contributed by atoms with Crippen LogP contribution in [0, 0.1) is 0 Å². The van der Waals surface area contributed by atoms with Crippen molar-refractivity contribution in [2.75, 3.05) is 6.54 Å². The highest BCUT2D eigenvalue weighted by Gasteiger charge is 2.29. The van der Waals surface area contributed by atoms with Crippen LogP contribution < -0.4 is 5.32 Å². The summed E-state index contributed by atoms with van der Waals surface area (Å²) in [6.45, 7) is 4.35. The van der Waals surface area contributed by atoms with Gasteiger partial charge in [-0.15, -0.1) is 6.58 Å². The van der Waals surface area contributed by atoms with Crippen LogP contribution in [0.1, 0.15) is 23.1 Å². The molecular formula is C28H29ClN2O2. The van der Waals surface area contributed by atoms with E-state index >= 15 is 0 Å². The third kappa shape index (κ3) is 7.62. The number of halogens is 1. The molecule has 0 fully saturated rings. The molecule has 3 aromatic rings. The molecule has 0 bridgehead atoms. The van der Waals surface area contributed by atoms with Crippen molar-refractivity contribution in [3.8, 4) is 0 Å². The molecule has 0 aliphatic carbocycles. The molecule has 33 heavy (non-hydrogen) atoms. The van der Waals surface area contributed by atoms with E-state index in [0.29, 0.717) is 37.4 Å². The number of rotatable bonds is 11. The number of nitrogens with zero attached hydrogens (tertiary/aromatic N) is 1. The van der Waals surface area contributed by atoms with Crippen LogP contribution in [0.2, 0.25) is 5.02 Å². The van der Waals surface area contributed by atoms with Gasteiger partial charge in [-0.1, -0.05) is 90.5 Å². The lowest BCUT2D eigenvalue weighted by atomic mass is 10.0. The van der Waals surface area contributed by atoms with Crippen LogP contribution in [-0.2, 0) is 29.0 Å². The van der Waals surface area contributed by atoms with Crippen LogP contribution in [0.15, 0.2) is 97.6 Å². The summed E-state index contributed by atoms with van der Waals surface area (Å²) in [5.74, 6) is -0.260. The van der Waals surface area contributed by atoms with E-state index in [1.807, 2.05) is 72.8 Å². The van der Waals surface area contributed by atoms with E-state index in [1.165, 1.54) is 0 Å². The molecule has 0 aromatic heterocycles. The molecule has 0 saturated heterocycles. The average molecular weight is 461 g/mol. The van der Waals surface area contributed by atoms with Crippen molar-refractivity contribution in [1.82, 2.24) is 10.2 Å². The van der Waals surface area contributed by atoms with Gasteiger partial charge < -0.3 is 10.2 Å². The molecule has 0 spiro atoms. The number of nitrogens with one attached hydrogen (secondary N) is 1. The van der Waals surface area contributed by atoms with Gasteiger partial charge in [0.2, 0.25) is 11.8 Å². The maximum absolute atomic E-state index is 13.5. The summed E-state index contributed by atoms with van der Waals surface area (Å²) in [5.41, 5.74) is 3.00. The van der Waals surface area contributed by atoms with Gasteiger partial charge in [0, 0.05) is 31.0 Å². The summed E-state index contributed by atoms with van der Waals surface area (Å²) in [7, 11) is 0. The first-order chi connectivity index (χ1) is 16.1. The molecule has 0 saturated carbocycles. The molecule has 1 N–H and O–H groups in total. The third-order valence-electron chi connectivity index (χ3n) is 5.43. The zero-order valence-corrected chi connectivity index (χ0v) is 19.4. The number of benzene rings is 3. The summed E-state index contributed by atoms with van der Waals surface area (Å²) < 4.78 is 0. The smallest absolute Gasteiger partial charge is 0.243 e. The van der Waals surface area contributed by atoms with Crippen LogP contribution in [-0.4, -0.2) is 29.3 Å². The summed E-state index contributed by atoms with van der Waals surface area (Å²) in [5, 5.41) is 3.51. The second kappa shape index (κ2) is 12.6. The van der Waals surface area contributed by atoms with Gasteiger partial charge in [-0.2, -0.15) is 0 Å². The first-order valence-electron chi connectivity index (χ1n) is 11.1. The van der Waals surface area contributed by atoms with E-state index in [1.54, 1.807) is 23.1 Å². The molecule has 3 aromatic carbocycles. The van der Waals surface area contributed by atoms with E-state index in [2.05, 4.69) is 11.9 Å². The van der Waals surface area contributed by atoms with Crippen LogP contribution in [0.25, 0.3) is 0 Å². The fourth-order valence-corrected chi connectivity index (χ4v) is 3.80. The normalized spacial score (nSPS) is 11.4. The Morgan fingerprint density at radius 3 is 2.09 bits per heavy atom. The van der Waals surface area contributed by atoms with Gasteiger partial charge in [0.1, 0.15) is 6.04 Å². The van der Waals surface area contributed by atoms with E-state index < -0.39 is 6.04 Å². The van der Waals surface area contributed by atoms with Crippen LogP contribution >= 0.6 is 11.6 Å². The summed E-state index contributed by atoms with van der Waals surface area (Å²) >= 11 is 6.05. The molecule has 0 heterocycles. The zero-order valence-electron chi connectivity index (χ0n) is 18.6. The average Bonchev–Trinajstić information content (AvgIpc) is 2.85. The molecule has 5 heteroatoms. The predicted molar refractivity (Wildman–Crippen MR) is 134 cm³/mol. The van der Waals surface area contributed by atoms with E-state index in [-0.39, 0.29) is 11.8 Å². The molecule has 0 aliphatic heterocycles. The highest BCUT2D eigenvalue weighted by molar-refractivity contribution is 6.30. The molecule has 0 unspecified atom stereocenters. The maximum Gasteiger partial charge on any atom is 0.243 e. The number of hydrogen-bond acceptors (Lipinski definition) is 2. The van der Waals surface area contributed by atoms with Gasteiger partial charge >= 0.3 is 0 Å². The minimum Gasteiger partial charge on any atom is -0.351 e. The Labute approximate surface area is 200 Å². The lowest BCUT2D eigenvalue weighted by Crippen LogP contribution is -2.50. The molecule has 0 radical (unpaired) electrons. The molecule has 3 rings (SSSR count). The van der Waals surface area contributed by atoms with Crippen molar-refractivity contribution in [3.05, 3.63) is 119 Å².